The van der Waals surface area contributed by atoms with Gasteiger partial charge in [-0.15, -0.1) is 5.10 Å². The zero-order valence-electron chi connectivity index (χ0n) is 12.5. The first-order valence-corrected chi connectivity index (χ1v) is 7.18. The van der Waals surface area contributed by atoms with Gasteiger partial charge in [-0.2, -0.15) is 15.0 Å². The van der Waals surface area contributed by atoms with Gasteiger partial charge in [0.15, 0.2) is 5.82 Å². The van der Waals surface area contributed by atoms with E-state index >= 15 is 0 Å². The summed E-state index contributed by atoms with van der Waals surface area (Å²) in [6, 6.07) is 11.2. The zero-order valence-corrected chi connectivity index (χ0v) is 12.5. The number of carbonyl (C=O) groups excluding carboxylic acids is 1. The third-order valence-electron chi connectivity index (χ3n) is 3.11. The second kappa shape index (κ2) is 6.99. The summed E-state index contributed by atoms with van der Waals surface area (Å²) in [5, 5.41) is 14.2. The molecule has 2 heterocycles. The van der Waals surface area contributed by atoms with Crippen molar-refractivity contribution < 1.29 is 13.6 Å². The van der Waals surface area contributed by atoms with Gasteiger partial charge in [-0.25, -0.2) is 13.5 Å². The van der Waals surface area contributed by atoms with E-state index in [9.17, 15) is 13.6 Å². The molecule has 3 aromatic rings. The van der Waals surface area contributed by atoms with E-state index in [2.05, 4.69) is 20.6 Å². The summed E-state index contributed by atoms with van der Waals surface area (Å²) in [6.45, 7) is -0.614. The van der Waals surface area contributed by atoms with Gasteiger partial charge in [0.2, 0.25) is 5.91 Å². The number of anilines is 1. The molecule has 0 spiro atoms. The third-order valence-corrected chi connectivity index (χ3v) is 3.11. The molecular formula is C15H14F2N6O. The fourth-order valence-electron chi connectivity index (χ4n) is 2.10. The number of halogens is 2. The lowest BCUT2D eigenvalue weighted by Crippen LogP contribution is -2.16. The largest absolute Gasteiger partial charge is 0.308 e. The van der Waals surface area contributed by atoms with Crippen molar-refractivity contribution in [1.29, 1.82) is 0 Å². The van der Waals surface area contributed by atoms with Crippen LogP contribution in [-0.4, -0.2) is 37.1 Å². The summed E-state index contributed by atoms with van der Waals surface area (Å²) in [5.74, 6) is -0.222. The van der Waals surface area contributed by atoms with Crippen molar-refractivity contribution in [3.8, 4) is 5.69 Å². The molecule has 1 N–H and O–H groups in total. The molecule has 2 aromatic heterocycles. The number of nitrogens with one attached hydrogen (secondary N) is 1. The lowest BCUT2D eigenvalue weighted by Gasteiger charge is -2.01. The van der Waals surface area contributed by atoms with Crippen LogP contribution in [0.3, 0.4) is 0 Å². The first kappa shape index (κ1) is 15.8. The molecule has 0 unspecified atom stereocenters. The number of hydrogen-bond acceptors (Lipinski definition) is 4. The van der Waals surface area contributed by atoms with Crippen LogP contribution in [0.2, 0.25) is 0 Å². The number of benzene rings is 1. The van der Waals surface area contributed by atoms with Crippen molar-refractivity contribution in [3.05, 3.63) is 54.5 Å². The maximum Gasteiger partial charge on any atom is 0.259 e. The number of carbonyl (C=O) groups is 1. The van der Waals surface area contributed by atoms with Crippen molar-refractivity contribution in [1.82, 2.24) is 24.8 Å². The molecular weight excluding hydrogens is 318 g/mol. The lowest BCUT2D eigenvalue weighted by atomic mass is 10.3. The Hall–Kier alpha value is -3.10. The van der Waals surface area contributed by atoms with Crippen LogP contribution >= 0.6 is 0 Å². The number of hydrogen-bond donors (Lipinski definition) is 1. The van der Waals surface area contributed by atoms with Crippen LogP contribution in [-0.2, 0) is 17.8 Å². The van der Waals surface area contributed by atoms with Crippen LogP contribution in [0.5, 0.6) is 0 Å². The third kappa shape index (κ3) is 4.00. The van der Waals surface area contributed by atoms with Crippen molar-refractivity contribution in [3.63, 3.8) is 0 Å². The summed E-state index contributed by atoms with van der Waals surface area (Å²) in [6.07, 6.45) is 0.476. The van der Waals surface area contributed by atoms with Gasteiger partial charge in [0.25, 0.3) is 6.43 Å². The molecule has 0 aliphatic carbocycles. The molecule has 0 saturated heterocycles. The zero-order chi connectivity index (χ0) is 16.9. The van der Waals surface area contributed by atoms with Crippen molar-refractivity contribution in [2.24, 2.45) is 0 Å². The highest BCUT2D eigenvalue weighted by Gasteiger charge is 2.11. The van der Waals surface area contributed by atoms with Gasteiger partial charge in [-0.1, -0.05) is 18.2 Å². The van der Waals surface area contributed by atoms with E-state index in [-0.39, 0.29) is 18.1 Å². The standard InChI is InChI=1S/C15H14F2N6O/c16-13(17)10-23-18-9-14(21-23)19-15(24)8-11-6-7-22(20-11)12-4-2-1-3-5-12/h1-7,9,13H,8,10H2,(H,19,21,24). The highest BCUT2D eigenvalue weighted by molar-refractivity contribution is 5.90. The molecule has 0 radical (unpaired) electrons. The van der Waals surface area contributed by atoms with Crippen molar-refractivity contribution in [2.75, 3.05) is 5.32 Å². The Kier molecular flexibility index (Phi) is 4.59. The fourth-order valence-corrected chi connectivity index (χ4v) is 2.10. The molecule has 1 aromatic carbocycles. The van der Waals surface area contributed by atoms with Gasteiger partial charge < -0.3 is 5.32 Å². The van der Waals surface area contributed by atoms with E-state index in [1.807, 2.05) is 30.3 Å². The van der Waals surface area contributed by atoms with Gasteiger partial charge in [-0.3, -0.25) is 4.79 Å². The average Bonchev–Trinajstić information content (AvgIpc) is 3.17. The Morgan fingerprint density at radius 3 is 2.71 bits per heavy atom. The summed E-state index contributed by atoms with van der Waals surface area (Å²) in [4.78, 5) is 12.8. The van der Waals surface area contributed by atoms with Gasteiger partial charge in [-0.05, 0) is 18.2 Å². The predicted octanol–water partition coefficient (Wildman–Crippen LogP) is 1.91. The average molecular weight is 332 g/mol. The Morgan fingerprint density at radius 1 is 1.17 bits per heavy atom. The quantitative estimate of drug-likeness (QED) is 0.748. The summed E-state index contributed by atoms with van der Waals surface area (Å²) >= 11 is 0. The molecule has 3 rings (SSSR count). The maximum absolute atomic E-state index is 12.2. The first-order valence-electron chi connectivity index (χ1n) is 7.18. The Labute approximate surface area is 135 Å². The summed E-state index contributed by atoms with van der Waals surface area (Å²) < 4.78 is 26.1. The number of nitrogens with zero attached hydrogens (tertiary/aromatic N) is 5. The molecule has 0 atom stereocenters. The molecule has 0 bridgehead atoms. The molecule has 0 fully saturated rings. The predicted molar refractivity (Wildman–Crippen MR) is 81.9 cm³/mol. The molecule has 1 amide bonds. The normalized spacial score (nSPS) is 11.0. The first-order chi connectivity index (χ1) is 11.6. The van der Waals surface area contributed by atoms with Crippen molar-refractivity contribution in [2.45, 2.75) is 19.4 Å². The number of rotatable bonds is 6. The van der Waals surface area contributed by atoms with Crippen LogP contribution in [0.1, 0.15) is 5.69 Å². The summed E-state index contributed by atoms with van der Waals surface area (Å²) in [5.41, 5.74) is 1.47. The number of amides is 1. The number of alkyl halides is 2. The van der Waals surface area contributed by atoms with Gasteiger partial charge >= 0.3 is 0 Å². The lowest BCUT2D eigenvalue weighted by molar-refractivity contribution is -0.115. The Bertz CT molecular complexity index is 814. The molecule has 9 heteroatoms. The van der Waals surface area contributed by atoms with Crippen LogP contribution in [0.15, 0.2) is 48.8 Å². The minimum absolute atomic E-state index is 0.0432. The SMILES string of the molecule is O=C(Cc1ccn(-c2ccccc2)n1)Nc1cnn(CC(F)F)n1. The Morgan fingerprint density at radius 2 is 1.96 bits per heavy atom. The molecule has 0 saturated carbocycles. The van der Waals surface area contributed by atoms with E-state index in [0.29, 0.717) is 5.69 Å². The topological polar surface area (TPSA) is 77.6 Å². The van der Waals surface area contributed by atoms with Crippen LogP contribution in [0, 0.1) is 0 Å². The number of aromatic nitrogens is 5. The molecule has 0 aliphatic rings. The van der Waals surface area contributed by atoms with Crippen molar-refractivity contribution >= 4 is 11.7 Å². The van der Waals surface area contributed by atoms with Gasteiger partial charge in [0.05, 0.1) is 24.0 Å². The van der Waals surface area contributed by atoms with E-state index in [1.165, 1.54) is 6.20 Å². The monoisotopic (exact) mass is 332 g/mol. The molecule has 7 nitrogen and oxygen atoms in total. The van der Waals surface area contributed by atoms with Gasteiger partial charge in [0, 0.05) is 6.20 Å². The highest BCUT2D eigenvalue weighted by Crippen LogP contribution is 2.08. The molecule has 124 valence electrons. The minimum atomic E-state index is -2.55. The van der Waals surface area contributed by atoms with Gasteiger partial charge in [0.1, 0.15) is 6.54 Å². The second-order valence-corrected chi connectivity index (χ2v) is 4.99. The smallest absolute Gasteiger partial charge is 0.259 e. The van der Waals surface area contributed by atoms with E-state index in [0.717, 1.165) is 10.5 Å². The highest BCUT2D eigenvalue weighted by atomic mass is 19.3. The van der Waals surface area contributed by atoms with E-state index in [1.54, 1.807) is 16.9 Å². The van der Waals surface area contributed by atoms with E-state index in [4.69, 9.17) is 0 Å². The maximum atomic E-state index is 12.2. The molecule has 0 aliphatic heterocycles. The van der Waals surface area contributed by atoms with Crippen LogP contribution in [0.25, 0.3) is 5.69 Å². The van der Waals surface area contributed by atoms with Crippen LogP contribution in [0.4, 0.5) is 14.6 Å². The van der Waals surface area contributed by atoms with Crippen LogP contribution < -0.4 is 5.32 Å². The second-order valence-electron chi connectivity index (χ2n) is 4.99. The fraction of sp³-hybridized carbons (Fsp3) is 0.200. The number of para-hydroxylation sites is 1. The Balaban J connectivity index is 1.59. The molecule has 24 heavy (non-hydrogen) atoms. The summed E-state index contributed by atoms with van der Waals surface area (Å²) in [7, 11) is 0. The minimum Gasteiger partial charge on any atom is -0.308 e. The van der Waals surface area contributed by atoms with E-state index < -0.39 is 13.0 Å².